The van der Waals surface area contributed by atoms with Gasteiger partial charge in [-0.1, -0.05) is 38.5 Å². The monoisotopic (exact) mass is 246 g/mol. The van der Waals surface area contributed by atoms with E-state index in [4.69, 9.17) is 4.42 Å². The Hall–Kier alpha value is -1.68. The summed E-state index contributed by atoms with van der Waals surface area (Å²) in [5.41, 5.74) is 0.897. The van der Waals surface area contributed by atoms with E-state index in [0.29, 0.717) is 18.2 Å². The van der Waals surface area contributed by atoms with E-state index < -0.39 is 6.10 Å². The summed E-state index contributed by atoms with van der Waals surface area (Å²) in [7, 11) is 0. The van der Waals surface area contributed by atoms with Gasteiger partial charge in [-0.05, 0) is 18.1 Å². The molecule has 0 fully saturated rings. The van der Waals surface area contributed by atoms with Gasteiger partial charge in [-0.25, -0.2) is 0 Å². The molecule has 4 nitrogen and oxygen atoms in total. The van der Waals surface area contributed by atoms with Crippen molar-refractivity contribution in [2.45, 2.75) is 32.8 Å². The SMILES string of the molecule is CCC(C)C(O)Cc1nnc(-c2ccccc2)o1. The molecule has 0 spiro atoms. The summed E-state index contributed by atoms with van der Waals surface area (Å²) in [6, 6.07) is 9.62. The van der Waals surface area contributed by atoms with Gasteiger partial charge in [-0.2, -0.15) is 0 Å². The third kappa shape index (κ3) is 2.96. The average molecular weight is 246 g/mol. The number of hydrogen-bond donors (Lipinski definition) is 1. The smallest absolute Gasteiger partial charge is 0.247 e. The lowest BCUT2D eigenvalue weighted by Crippen LogP contribution is -2.19. The molecule has 0 amide bonds. The molecule has 18 heavy (non-hydrogen) atoms. The molecule has 4 heteroatoms. The molecule has 1 aromatic heterocycles. The summed E-state index contributed by atoms with van der Waals surface area (Å²) >= 11 is 0. The molecule has 2 atom stereocenters. The van der Waals surface area contributed by atoms with Gasteiger partial charge < -0.3 is 9.52 Å². The number of benzene rings is 1. The van der Waals surface area contributed by atoms with Crippen molar-refractivity contribution in [3.05, 3.63) is 36.2 Å². The third-order valence-corrected chi connectivity index (χ3v) is 3.17. The van der Waals surface area contributed by atoms with Gasteiger partial charge in [0.1, 0.15) is 0 Å². The Bertz CT molecular complexity index is 482. The molecule has 0 bridgehead atoms. The van der Waals surface area contributed by atoms with Crippen molar-refractivity contribution in [2.75, 3.05) is 0 Å². The quantitative estimate of drug-likeness (QED) is 0.881. The second kappa shape index (κ2) is 5.78. The first-order chi connectivity index (χ1) is 8.70. The first-order valence-corrected chi connectivity index (χ1v) is 6.26. The van der Waals surface area contributed by atoms with Crippen LogP contribution in [0.5, 0.6) is 0 Å². The number of aromatic nitrogens is 2. The lowest BCUT2D eigenvalue weighted by atomic mass is 9.99. The molecule has 0 radical (unpaired) electrons. The van der Waals surface area contributed by atoms with Crippen LogP contribution < -0.4 is 0 Å². The molecule has 0 saturated heterocycles. The predicted molar refractivity (Wildman–Crippen MR) is 68.9 cm³/mol. The highest BCUT2D eigenvalue weighted by Crippen LogP contribution is 2.19. The Balaban J connectivity index is 2.07. The van der Waals surface area contributed by atoms with Crippen molar-refractivity contribution in [1.82, 2.24) is 10.2 Å². The molecule has 0 saturated carbocycles. The third-order valence-electron chi connectivity index (χ3n) is 3.17. The maximum Gasteiger partial charge on any atom is 0.247 e. The standard InChI is InChI=1S/C14H18N2O2/c1-3-10(2)12(17)9-13-15-16-14(18-13)11-7-5-4-6-8-11/h4-8,10,12,17H,3,9H2,1-2H3. The normalized spacial score (nSPS) is 14.4. The molecule has 0 aliphatic carbocycles. The summed E-state index contributed by atoms with van der Waals surface area (Å²) < 4.78 is 5.55. The summed E-state index contributed by atoms with van der Waals surface area (Å²) in [5.74, 6) is 1.22. The van der Waals surface area contributed by atoms with Crippen LogP contribution in [0.25, 0.3) is 11.5 Å². The maximum atomic E-state index is 9.92. The number of aliphatic hydroxyl groups is 1. The molecular weight excluding hydrogens is 228 g/mol. The zero-order valence-electron chi connectivity index (χ0n) is 10.7. The summed E-state index contributed by atoms with van der Waals surface area (Å²) in [5, 5.41) is 17.9. The lowest BCUT2D eigenvalue weighted by Gasteiger charge is -2.14. The lowest BCUT2D eigenvalue weighted by molar-refractivity contribution is 0.108. The van der Waals surface area contributed by atoms with Gasteiger partial charge in [-0.3, -0.25) is 0 Å². The van der Waals surface area contributed by atoms with Crippen LogP contribution in [0.4, 0.5) is 0 Å². The van der Waals surface area contributed by atoms with Crippen LogP contribution in [0.2, 0.25) is 0 Å². The van der Waals surface area contributed by atoms with E-state index in [1.165, 1.54) is 0 Å². The van der Waals surface area contributed by atoms with E-state index >= 15 is 0 Å². The van der Waals surface area contributed by atoms with E-state index in [1.54, 1.807) is 0 Å². The Morgan fingerprint density at radius 2 is 1.94 bits per heavy atom. The topological polar surface area (TPSA) is 59.2 Å². The van der Waals surface area contributed by atoms with E-state index in [1.807, 2.05) is 37.3 Å². The first kappa shape index (κ1) is 12.8. The van der Waals surface area contributed by atoms with Gasteiger partial charge in [0.05, 0.1) is 12.5 Å². The summed E-state index contributed by atoms with van der Waals surface area (Å²) in [6.07, 6.45) is 0.912. The number of nitrogens with zero attached hydrogens (tertiary/aromatic N) is 2. The van der Waals surface area contributed by atoms with Crippen molar-refractivity contribution in [3.8, 4) is 11.5 Å². The largest absolute Gasteiger partial charge is 0.421 e. The second-order valence-electron chi connectivity index (χ2n) is 4.52. The van der Waals surface area contributed by atoms with Gasteiger partial charge in [0.2, 0.25) is 11.8 Å². The number of rotatable bonds is 5. The van der Waals surface area contributed by atoms with Crippen LogP contribution in [0.1, 0.15) is 26.2 Å². The minimum absolute atomic E-state index is 0.233. The zero-order valence-corrected chi connectivity index (χ0v) is 10.7. The fourth-order valence-electron chi connectivity index (χ4n) is 1.69. The van der Waals surface area contributed by atoms with Gasteiger partial charge in [0.15, 0.2) is 0 Å². The van der Waals surface area contributed by atoms with Crippen molar-refractivity contribution >= 4 is 0 Å². The van der Waals surface area contributed by atoms with Gasteiger partial charge in [0, 0.05) is 5.56 Å². The molecule has 2 aromatic rings. The van der Waals surface area contributed by atoms with Gasteiger partial charge in [-0.15, -0.1) is 10.2 Å². The van der Waals surface area contributed by atoms with Gasteiger partial charge >= 0.3 is 0 Å². The second-order valence-corrected chi connectivity index (χ2v) is 4.52. The fraction of sp³-hybridized carbons (Fsp3) is 0.429. The van der Waals surface area contributed by atoms with Gasteiger partial charge in [0.25, 0.3) is 0 Å². The minimum atomic E-state index is -0.431. The number of hydrogen-bond acceptors (Lipinski definition) is 4. The highest BCUT2D eigenvalue weighted by Gasteiger charge is 2.17. The fourth-order valence-corrected chi connectivity index (χ4v) is 1.69. The zero-order chi connectivity index (χ0) is 13.0. The molecular formula is C14H18N2O2. The Labute approximate surface area is 107 Å². The maximum absolute atomic E-state index is 9.92. The summed E-state index contributed by atoms with van der Waals surface area (Å²) in [6.45, 7) is 4.07. The van der Waals surface area contributed by atoms with Crippen LogP contribution in [0.15, 0.2) is 34.7 Å². The van der Waals surface area contributed by atoms with E-state index in [9.17, 15) is 5.11 Å². The molecule has 0 aliphatic rings. The molecule has 96 valence electrons. The summed E-state index contributed by atoms with van der Waals surface area (Å²) in [4.78, 5) is 0. The first-order valence-electron chi connectivity index (χ1n) is 6.26. The average Bonchev–Trinajstić information content (AvgIpc) is 2.87. The molecule has 1 aromatic carbocycles. The molecule has 1 N–H and O–H groups in total. The highest BCUT2D eigenvalue weighted by atomic mass is 16.4. The molecule has 2 rings (SSSR count). The van der Waals surface area contributed by atoms with Crippen LogP contribution in [0, 0.1) is 5.92 Å². The van der Waals surface area contributed by atoms with E-state index in [0.717, 1.165) is 12.0 Å². The Kier molecular flexibility index (Phi) is 4.10. The molecule has 1 heterocycles. The minimum Gasteiger partial charge on any atom is -0.421 e. The molecule has 0 aliphatic heterocycles. The predicted octanol–water partition coefficient (Wildman–Crippen LogP) is 2.69. The van der Waals surface area contributed by atoms with Crippen LogP contribution in [-0.2, 0) is 6.42 Å². The van der Waals surface area contributed by atoms with Crippen molar-refractivity contribution in [2.24, 2.45) is 5.92 Å². The van der Waals surface area contributed by atoms with Crippen LogP contribution >= 0.6 is 0 Å². The Morgan fingerprint density at radius 3 is 2.61 bits per heavy atom. The number of aliphatic hydroxyl groups excluding tert-OH is 1. The Morgan fingerprint density at radius 1 is 1.22 bits per heavy atom. The van der Waals surface area contributed by atoms with Crippen molar-refractivity contribution in [1.29, 1.82) is 0 Å². The highest BCUT2D eigenvalue weighted by molar-refractivity contribution is 5.51. The van der Waals surface area contributed by atoms with E-state index in [2.05, 4.69) is 17.1 Å². The van der Waals surface area contributed by atoms with Crippen LogP contribution in [-0.4, -0.2) is 21.4 Å². The van der Waals surface area contributed by atoms with Crippen molar-refractivity contribution in [3.63, 3.8) is 0 Å². The van der Waals surface area contributed by atoms with E-state index in [-0.39, 0.29) is 5.92 Å². The molecule has 2 unspecified atom stereocenters. The van der Waals surface area contributed by atoms with Crippen molar-refractivity contribution < 1.29 is 9.52 Å². The van der Waals surface area contributed by atoms with Crippen LogP contribution in [0.3, 0.4) is 0 Å².